The number of nitrogens with zero attached hydrogens (tertiary/aromatic N) is 1. The Balaban J connectivity index is 4.29. The van der Waals surface area contributed by atoms with Gasteiger partial charge in [-0.15, -0.1) is 0 Å². The lowest BCUT2D eigenvalue weighted by molar-refractivity contribution is -0.147. The van der Waals surface area contributed by atoms with Gasteiger partial charge in [-0.3, -0.25) is 9.59 Å². The van der Waals surface area contributed by atoms with Crippen molar-refractivity contribution in [2.45, 2.75) is 12.5 Å². The van der Waals surface area contributed by atoms with Crippen LogP contribution in [0.5, 0.6) is 0 Å². The Hall–Kier alpha value is -2.32. The number of carbonyl (C=O) groups excluding carboxylic acids is 3. The molecule has 0 saturated heterocycles. The molecule has 3 amide bonds. The standard InChI is InChI=1S/C10H17N3O6/c1-13(2)7(14)5-11-10(18)12-6(9(16)17)4-8(15)19-3/h6H,4-5H2,1-3H3,(H,16,17)(H2,11,12,18)/t6-/m0/s1. The number of urea groups is 1. The topological polar surface area (TPSA) is 125 Å². The van der Waals surface area contributed by atoms with E-state index >= 15 is 0 Å². The first kappa shape index (κ1) is 16.7. The van der Waals surface area contributed by atoms with Gasteiger partial charge in [0.15, 0.2) is 0 Å². The molecule has 9 nitrogen and oxygen atoms in total. The lowest BCUT2D eigenvalue weighted by Gasteiger charge is -2.15. The second kappa shape index (κ2) is 7.90. The predicted molar refractivity (Wildman–Crippen MR) is 63.3 cm³/mol. The summed E-state index contributed by atoms with van der Waals surface area (Å²) in [5.41, 5.74) is 0. The zero-order chi connectivity index (χ0) is 15.0. The monoisotopic (exact) mass is 275 g/mol. The van der Waals surface area contributed by atoms with Crippen LogP contribution in [0.1, 0.15) is 6.42 Å². The van der Waals surface area contributed by atoms with E-state index in [1.54, 1.807) is 0 Å². The highest BCUT2D eigenvalue weighted by atomic mass is 16.5. The normalized spacial score (nSPS) is 11.1. The Bertz CT molecular complexity index is 368. The summed E-state index contributed by atoms with van der Waals surface area (Å²) in [6.45, 7) is -0.274. The lowest BCUT2D eigenvalue weighted by atomic mass is 10.2. The number of carboxylic acids is 1. The van der Waals surface area contributed by atoms with Gasteiger partial charge in [0.25, 0.3) is 0 Å². The van der Waals surface area contributed by atoms with Crippen molar-refractivity contribution < 1.29 is 29.0 Å². The van der Waals surface area contributed by atoms with E-state index < -0.39 is 30.4 Å². The molecule has 3 N–H and O–H groups in total. The third-order valence-corrected chi connectivity index (χ3v) is 2.10. The largest absolute Gasteiger partial charge is 0.480 e. The number of nitrogens with one attached hydrogen (secondary N) is 2. The highest BCUT2D eigenvalue weighted by molar-refractivity contribution is 5.88. The molecule has 0 radical (unpaired) electrons. The number of esters is 1. The fourth-order valence-electron chi connectivity index (χ4n) is 0.973. The maximum atomic E-state index is 11.3. The van der Waals surface area contributed by atoms with Crippen LogP contribution in [0.4, 0.5) is 4.79 Å². The molecule has 0 aliphatic heterocycles. The number of amides is 3. The smallest absolute Gasteiger partial charge is 0.326 e. The summed E-state index contributed by atoms with van der Waals surface area (Å²) in [7, 11) is 4.13. The second-order valence-corrected chi connectivity index (χ2v) is 3.79. The minimum Gasteiger partial charge on any atom is -0.480 e. The minimum atomic E-state index is -1.41. The maximum Gasteiger partial charge on any atom is 0.326 e. The van der Waals surface area contributed by atoms with E-state index in [1.807, 2.05) is 0 Å². The summed E-state index contributed by atoms with van der Waals surface area (Å²) >= 11 is 0. The highest BCUT2D eigenvalue weighted by Gasteiger charge is 2.23. The first-order valence-corrected chi connectivity index (χ1v) is 5.32. The van der Waals surface area contributed by atoms with Gasteiger partial charge in [-0.25, -0.2) is 9.59 Å². The minimum absolute atomic E-state index is 0.274. The number of methoxy groups -OCH3 is 1. The van der Waals surface area contributed by atoms with Crippen molar-refractivity contribution in [1.29, 1.82) is 0 Å². The Morgan fingerprint density at radius 1 is 1.26 bits per heavy atom. The molecule has 0 bridgehead atoms. The van der Waals surface area contributed by atoms with E-state index in [1.165, 1.54) is 19.0 Å². The highest BCUT2D eigenvalue weighted by Crippen LogP contribution is 1.95. The third kappa shape index (κ3) is 6.86. The van der Waals surface area contributed by atoms with Crippen molar-refractivity contribution in [2.24, 2.45) is 0 Å². The summed E-state index contributed by atoms with van der Waals surface area (Å²) in [6.07, 6.45) is -0.499. The van der Waals surface area contributed by atoms with Gasteiger partial charge in [-0.2, -0.15) is 0 Å². The number of ether oxygens (including phenoxy) is 1. The Labute approximate surface area is 109 Å². The first-order chi connectivity index (χ1) is 8.77. The summed E-state index contributed by atoms with van der Waals surface area (Å²) in [6, 6.07) is -2.27. The number of carbonyl (C=O) groups is 4. The molecule has 0 aromatic heterocycles. The van der Waals surface area contributed by atoms with Crippen molar-refractivity contribution in [2.75, 3.05) is 27.7 Å². The van der Waals surface area contributed by atoms with Crippen molar-refractivity contribution >= 4 is 23.9 Å². The predicted octanol–water partition coefficient (Wildman–Crippen LogP) is -1.61. The Morgan fingerprint density at radius 2 is 1.84 bits per heavy atom. The number of likely N-dealkylation sites (N-methyl/N-ethyl adjacent to an activating group) is 1. The van der Waals surface area contributed by atoms with Gasteiger partial charge in [-0.05, 0) is 0 Å². The molecule has 0 rings (SSSR count). The molecule has 0 spiro atoms. The van der Waals surface area contributed by atoms with Gasteiger partial charge in [0.05, 0.1) is 20.1 Å². The van der Waals surface area contributed by atoms with Gasteiger partial charge in [-0.1, -0.05) is 0 Å². The third-order valence-electron chi connectivity index (χ3n) is 2.10. The van der Waals surface area contributed by atoms with Crippen LogP contribution >= 0.6 is 0 Å². The molecule has 0 aliphatic rings. The van der Waals surface area contributed by atoms with Crippen LogP contribution in [0.25, 0.3) is 0 Å². The molecule has 0 aromatic rings. The molecule has 0 aromatic carbocycles. The zero-order valence-corrected chi connectivity index (χ0v) is 10.9. The number of hydrogen-bond acceptors (Lipinski definition) is 5. The molecule has 108 valence electrons. The average molecular weight is 275 g/mol. The molecule has 1 atom stereocenters. The molecule has 0 saturated carbocycles. The van der Waals surface area contributed by atoms with Gasteiger partial charge in [0, 0.05) is 14.1 Å². The summed E-state index contributed by atoms with van der Waals surface area (Å²) < 4.78 is 4.31. The number of hydrogen-bond donors (Lipinski definition) is 3. The van der Waals surface area contributed by atoms with E-state index in [0.717, 1.165) is 7.11 Å². The van der Waals surface area contributed by atoms with Crippen LogP contribution in [0.15, 0.2) is 0 Å². The van der Waals surface area contributed by atoms with Gasteiger partial charge in [0.1, 0.15) is 6.04 Å². The van der Waals surface area contributed by atoms with Gasteiger partial charge in [0.2, 0.25) is 5.91 Å². The number of carboxylic acid groups (broad SMARTS) is 1. The average Bonchev–Trinajstić information content (AvgIpc) is 2.34. The Kier molecular flexibility index (Phi) is 6.94. The summed E-state index contributed by atoms with van der Waals surface area (Å²) in [5, 5.41) is 13.0. The molecular weight excluding hydrogens is 258 g/mol. The fraction of sp³-hybridized carbons (Fsp3) is 0.600. The van der Waals surface area contributed by atoms with Gasteiger partial charge < -0.3 is 25.4 Å². The van der Waals surface area contributed by atoms with Crippen molar-refractivity contribution in [1.82, 2.24) is 15.5 Å². The fourth-order valence-corrected chi connectivity index (χ4v) is 0.973. The zero-order valence-electron chi connectivity index (χ0n) is 10.9. The maximum absolute atomic E-state index is 11.3. The first-order valence-electron chi connectivity index (χ1n) is 5.32. The number of aliphatic carboxylic acids is 1. The summed E-state index contributed by atoms with van der Waals surface area (Å²) in [4.78, 5) is 45.6. The molecule has 0 fully saturated rings. The lowest BCUT2D eigenvalue weighted by Crippen LogP contribution is -2.49. The van der Waals surface area contributed by atoms with E-state index in [-0.39, 0.29) is 12.5 Å². The van der Waals surface area contributed by atoms with E-state index in [4.69, 9.17) is 5.11 Å². The Morgan fingerprint density at radius 3 is 2.26 bits per heavy atom. The molecule has 19 heavy (non-hydrogen) atoms. The van der Waals surface area contributed by atoms with E-state index in [9.17, 15) is 19.2 Å². The second-order valence-electron chi connectivity index (χ2n) is 3.79. The van der Waals surface area contributed by atoms with E-state index in [0.29, 0.717) is 0 Å². The van der Waals surface area contributed by atoms with Crippen molar-refractivity contribution in [3.63, 3.8) is 0 Å². The molecule has 9 heteroatoms. The molecule has 0 heterocycles. The quantitative estimate of drug-likeness (QED) is 0.501. The van der Waals surface area contributed by atoms with Gasteiger partial charge >= 0.3 is 18.0 Å². The van der Waals surface area contributed by atoms with Crippen LogP contribution in [-0.2, 0) is 19.1 Å². The SMILES string of the molecule is COC(=O)C[C@H](NC(=O)NCC(=O)N(C)C)C(=O)O. The van der Waals surface area contributed by atoms with Crippen LogP contribution in [-0.4, -0.2) is 67.7 Å². The van der Waals surface area contributed by atoms with Crippen molar-refractivity contribution in [3.8, 4) is 0 Å². The molecular formula is C10H17N3O6. The van der Waals surface area contributed by atoms with Crippen LogP contribution < -0.4 is 10.6 Å². The van der Waals surface area contributed by atoms with E-state index in [2.05, 4.69) is 15.4 Å². The summed E-state index contributed by atoms with van der Waals surface area (Å²) in [5.74, 6) is -2.49. The molecule has 0 unspecified atom stereocenters. The molecule has 0 aliphatic carbocycles. The number of rotatable bonds is 6. The van der Waals surface area contributed by atoms with Crippen LogP contribution in [0.3, 0.4) is 0 Å². The van der Waals surface area contributed by atoms with Crippen molar-refractivity contribution in [3.05, 3.63) is 0 Å². The van der Waals surface area contributed by atoms with Crippen LogP contribution in [0, 0.1) is 0 Å². The van der Waals surface area contributed by atoms with Crippen LogP contribution in [0.2, 0.25) is 0 Å².